The van der Waals surface area contributed by atoms with E-state index in [9.17, 15) is 9.59 Å². The summed E-state index contributed by atoms with van der Waals surface area (Å²) in [5.74, 6) is 0.0633. The van der Waals surface area contributed by atoms with Gasteiger partial charge in [0.2, 0.25) is 11.8 Å². The molecule has 2 saturated heterocycles. The number of ether oxygens (including phenoxy) is 3. The monoisotopic (exact) mass is 376 g/mol. The summed E-state index contributed by atoms with van der Waals surface area (Å²) in [7, 11) is 1.58. The van der Waals surface area contributed by atoms with E-state index in [0.717, 1.165) is 5.56 Å². The highest BCUT2D eigenvalue weighted by Crippen LogP contribution is 2.32. The quantitative estimate of drug-likeness (QED) is 0.787. The van der Waals surface area contributed by atoms with Crippen LogP contribution in [0.1, 0.15) is 31.7 Å². The fraction of sp³-hybridized carbons (Fsp3) is 0.600. The van der Waals surface area contributed by atoms with E-state index in [1.807, 2.05) is 30.0 Å². The van der Waals surface area contributed by atoms with Crippen LogP contribution in [0.4, 0.5) is 5.69 Å². The number of benzene rings is 1. The number of piperidine rings is 1. The first-order chi connectivity index (χ1) is 12.9. The highest BCUT2D eigenvalue weighted by atomic mass is 16.7. The van der Waals surface area contributed by atoms with Crippen molar-refractivity contribution in [3.05, 3.63) is 23.8 Å². The lowest BCUT2D eigenvalue weighted by Gasteiger charge is -2.37. The van der Waals surface area contributed by atoms with Crippen molar-refractivity contribution in [1.29, 1.82) is 0 Å². The van der Waals surface area contributed by atoms with Crippen LogP contribution < -0.4 is 9.64 Å². The van der Waals surface area contributed by atoms with E-state index in [1.54, 1.807) is 12.0 Å². The summed E-state index contributed by atoms with van der Waals surface area (Å²) in [6, 6.07) is 5.68. The minimum Gasteiger partial charge on any atom is -0.495 e. The molecule has 7 heteroatoms. The molecule has 0 N–H and O–H groups in total. The first-order valence-corrected chi connectivity index (χ1v) is 9.42. The third-order valence-electron chi connectivity index (χ3n) is 5.25. The van der Waals surface area contributed by atoms with E-state index in [1.165, 1.54) is 6.92 Å². The number of nitrogens with zero attached hydrogens (tertiary/aromatic N) is 2. The highest BCUT2D eigenvalue weighted by Gasteiger charge is 2.40. The van der Waals surface area contributed by atoms with E-state index < -0.39 is 5.79 Å². The molecule has 148 valence electrons. The molecule has 2 heterocycles. The number of anilines is 1. The molecule has 2 aliphatic rings. The van der Waals surface area contributed by atoms with Gasteiger partial charge in [0.05, 0.1) is 26.0 Å². The lowest BCUT2D eigenvalue weighted by atomic mass is 10.0. The number of carbonyl (C=O) groups excluding carboxylic acids is 2. The Bertz CT molecular complexity index is 690. The molecule has 2 fully saturated rings. The maximum Gasteiger partial charge on any atom is 0.224 e. The van der Waals surface area contributed by atoms with Gasteiger partial charge in [-0.1, -0.05) is 6.07 Å². The van der Waals surface area contributed by atoms with Crippen molar-refractivity contribution in [1.82, 2.24) is 4.90 Å². The molecule has 1 aromatic carbocycles. The van der Waals surface area contributed by atoms with Crippen LogP contribution in [-0.2, 0) is 19.1 Å². The molecular formula is C20H28N2O5. The number of hydrogen-bond donors (Lipinski definition) is 0. The fourth-order valence-electron chi connectivity index (χ4n) is 3.71. The summed E-state index contributed by atoms with van der Waals surface area (Å²) in [4.78, 5) is 28.3. The first-order valence-electron chi connectivity index (χ1n) is 9.42. The van der Waals surface area contributed by atoms with Crippen LogP contribution in [0.2, 0.25) is 0 Å². The molecule has 0 bridgehead atoms. The lowest BCUT2D eigenvalue weighted by Crippen LogP contribution is -2.48. The summed E-state index contributed by atoms with van der Waals surface area (Å²) < 4.78 is 16.8. The summed E-state index contributed by atoms with van der Waals surface area (Å²) in [5.41, 5.74) is 1.73. The van der Waals surface area contributed by atoms with E-state index in [2.05, 4.69) is 0 Å². The van der Waals surface area contributed by atoms with E-state index in [-0.39, 0.29) is 18.2 Å². The van der Waals surface area contributed by atoms with Crippen LogP contribution >= 0.6 is 0 Å². The Balaban J connectivity index is 1.61. The summed E-state index contributed by atoms with van der Waals surface area (Å²) in [5, 5.41) is 0. The van der Waals surface area contributed by atoms with Crippen LogP contribution in [0, 0.1) is 6.92 Å². The van der Waals surface area contributed by atoms with Crippen LogP contribution in [-0.4, -0.2) is 62.5 Å². The standard InChI is InChI=1S/C20H28N2O5/c1-15-4-5-18(25-3)17(14-15)22(16(2)23)9-6-19(24)21-10-7-20(8-11-21)26-12-13-27-20/h4-5,14H,6-13H2,1-3H3. The molecule has 1 aromatic rings. The van der Waals surface area contributed by atoms with Crippen molar-refractivity contribution in [3.63, 3.8) is 0 Å². The third kappa shape index (κ3) is 4.42. The Hall–Kier alpha value is -2.12. The fourth-order valence-corrected chi connectivity index (χ4v) is 3.71. The molecule has 27 heavy (non-hydrogen) atoms. The minimum atomic E-state index is -0.489. The molecule has 0 aliphatic carbocycles. The lowest BCUT2D eigenvalue weighted by molar-refractivity contribution is -0.187. The zero-order valence-corrected chi connectivity index (χ0v) is 16.3. The van der Waals surface area contributed by atoms with Gasteiger partial charge in [-0.15, -0.1) is 0 Å². The van der Waals surface area contributed by atoms with Gasteiger partial charge in [-0.25, -0.2) is 0 Å². The minimum absolute atomic E-state index is 0.0423. The largest absolute Gasteiger partial charge is 0.495 e. The molecule has 3 rings (SSSR count). The Morgan fingerprint density at radius 2 is 1.89 bits per heavy atom. The molecule has 0 unspecified atom stereocenters. The summed E-state index contributed by atoms with van der Waals surface area (Å²) >= 11 is 0. The van der Waals surface area contributed by atoms with Gasteiger partial charge in [0.25, 0.3) is 0 Å². The molecular weight excluding hydrogens is 348 g/mol. The smallest absolute Gasteiger partial charge is 0.224 e. The van der Waals surface area contributed by atoms with Gasteiger partial charge >= 0.3 is 0 Å². The molecule has 1 spiro atoms. The van der Waals surface area contributed by atoms with Gasteiger partial charge in [0.15, 0.2) is 5.79 Å². The number of rotatable bonds is 5. The molecule has 7 nitrogen and oxygen atoms in total. The topological polar surface area (TPSA) is 68.3 Å². The molecule has 2 amide bonds. The predicted octanol–water partition coefficient (Wildman–Crippen LogP) is 2.11. The van der Waals surface area contributed by atoms with Gasteiger partial charge in [-0.2, -0.15) is 0 Å². The van der Waals surface area contributed by atoms with E-state index in [0.29, 0.717) is 57.1 Å². The number of carbonyl (C=O) groups is 2. The van der Waals surface area contributed by atoms with E-state index in [4.69, 9.17) is 14.2 Å². The highest BCUT2D eigenvalue weighted by molar-refractivity contribution is 5.94. The van der Waals surface area contributed by atoms with Crippen LogP contribution in [0.25, 0.3) is 0 Å². The molecule has 2 aliphatic heterocycles. The normalized spacial score (nSPS) is 18.6. The second-order valence-corrected chi connectivity index (χ2v) is 7.08. The summed E-state index contributed by atoms with van der Waals surface area (Å²) in [6.45, 7) is 6.27. The van der Waals surface area contributed by atoms with E-state index >= 15 is 0 Å². The van der Waals surface area contributed by atoms with Gasteiger partial charge in [-0.3, -0.25) is 9.59 Å². The molecule has 0 atom stereocenters. The maximum atomic E-state index is 12.7. The number of likely N-dealkylation sites (tertiary alicyclic amines) is 1. The number of amides is 2. The predicted molar refractivity (Wildman–Crippen MR) is 101 cm³/mol. The molecule has 0 aromatic heterocycles. The van der Waals surface area contributed by atoms with Crippen molar-refractivity contribution >= 4 is 17.5 Å². The van der Waals surface area contributed by atoms with Gasteiger partial charge in [0.1, 0.15) is 5.75 Å². The van der Waals surface area contributed by atoms with Gasteiger partial charge in [-0.05, 0) is 24.6 Å². The zero-order chi connectivity index (χ0) is 19.4. The Morgan fingerprint density at radius 3 is 2.48 bits per heavy atom. The van der Waals surface area contributed by atoms with Gasteiger partial charge in [0, 0.05) is 45.8 Å². The van der Waals surface area contributed by atoms with Crippen molar-refractivity contribution in [2.45, 2.75) is 38.9 Å². The average molecular weight is 376 g/mol. The second kappa shape index (κ2) is 8.27. The van der Waals surface area contributed by atoms with Crippen LogP contribution in [0.5, 0.6) is 5.75 Å². The first kappa shape index (κ1) is 19.6. The number of hydrogen-bond acceptors (Lipinski definition) is 5. The molecule has 0 radical (unpaired) electrons. The van der Waals surface area contributed by atoms with Gasteiger partial charge < -0.3 is 24.0 Å². The Morgan fingerprint density at radius 1 is 1.22 bits per heavy atom. The van der Waals surface area contributed by atoms with Crippen LogP contribution in [0.15, 0.2) is 18.2 Å². The zero-order valence-electron chi connectivity index (χ0n) is 16.3. The number of aryl methyl sites for hydroxylation is 1. The second-order valence-electron chi connectivity index (χ2n) is 7.08. The van der Waals surface area contributed by atoms with Crippen molar-refractivity contribution in [3.8, 4) is 5.75 Å². The SMILES string of the molecule is COc1ccc(C)cc1N(CCC(=O)N1CCC2(CC1)OCCO2)C(C)=O. The van der Waals surface area contributed by atoms with Crippen LogP contribution in [0.3, 0.4) is 0 Å². The third-order valence-corrected chi connectivity index (χ3v) is 5.25. The van der Waals surface area contributed by atoms with Crippen molar-refractivity contribution in [2.24, 2.45) is 0 Å². The Labute approximate surface area is 160 Å². The average Bonchev–Trinajstić information content (AvgIpc) is 3.10. The van der Waals surface area contributed by atoms with Crippen molar-refractivity contribution < 1.29 is 23.8 Å². The molecule has 0 saturated carbocycles. The Kier molecular flexibility index (Phi) is 6.01. The summed E-state index contributed by atoms with van der Waals surface area (Å²) in [6.07, 6.45) is 1.66. The maximum absolute atomic E-state index is 12.7. The number of methoxy groups -OCH3 is 1. The van der Waals surface area contributed by atoms with Crippen molar-refractivity contribution in [2.75, 3.05) is 44.9 Å².